The van der Waals surface area contributed by atoms with Gasteiger partial charge >= 0.3 is 0 Å². The number of anilines is 2. The number of ether oxygens (including phenoxy) is 1. The van der Waals surface area contributed by atoms with Gasteiger partial charge in [0.1, 0.15) is 5.75 Å². The summed E-state index contributed by atoms with van der Waals surface area (Å²) in [7, 11) is 3.90. The number of amides is 2. The van der Waals surface area contributed by atoms with Gasteiger partial charge in [-0.25, -0.2) is 0 Å². The van der Waals surface area contributed by atoms with Crippen molar-refractivity contribution in [3.63, 3.8) is 0 Å². The highest BCUT2D eigenvalue weighted by molar-refractivity contribution is 5.94. The Kier molecular flexibility index (Phi) is 6.60. The van der Waals surface area contributed by atoms with Crippen LogP contribution in [0.1, 0.15) is 11.1 Å². The molecule has 0 bridgehead atoms. The molecule has 0 spiro atoms. The van der Waals surface area contributed by atoms with E-state index in [1.165, 1.54) is 0 Å². The lowest BCUT2D eigenvalue weighted by Gasteiger charge is -2.13. The molecule has 138 valence electrons. The van der Waals surface area contributed by atoms with Gasteiger partial charge in [0, 0.05) is 25.5 Å². The van der Waals surface area contributed by atoms with Gasteiger partial charge in [0.05, 0.1) is 6.54 Å². The van der Waals surface area contributed by atoms with Crippen molar-refractivity contribution in [2.45, 2.75) is 13.8 Å². The zero-order valence-electron chi connectivity index (χ0n) is 15.6. The van der Waals surface area contributed by atoms with Crippen LogP contribution in [0.2, 0.25) is 0 Å². The SMILES string of the molecule is Cc1ccc(OCC(=O)NCC(=O)Nc2ccc(N(C)C)cc2)cc1C. The van der Waals surface area contributed by atoms with E-state index < -0.39 is 0 Å². The van der Waals surface area contributed by atoms with Crippen molar-refractivity contribution < 1.29 is 14.3 Å². The van der Waals surface area contributed by atoms with E-state index in [1.807, 2.05) is 75.3 Å². The van der Waals surface area contributed by atoms with E-state index in [-0.39, 0.29) is 25.0 Å². The molecule has 26 heavy (non-hydrogen) atoms. The van der Waals surface area contributed by atoms with Crippen molar-refractivity contribution in [2.24, 2.45) is 0 Å². The molecular weight excluding hydrogens is 330 g/mol. The zero-order chi connectivity index (χ0) is 19.1. The van der Waals surface area contributed by atoms with Gasteiger partial charge in [0.25, 0.3) is 5.91 Å². The molecule has 0 atom stereocenters. The van der Waals surface area contributed by atoms with Gasteiger partial charge < -0.3 is 20.3 Å². The smallest absolute Gasteiger partial charge is 0.258 e. The maximum atomic E-state index is 11.9. The normalized spacial score (nSPS) is 10.2. The number of aryl methyl sites for hydroxylation is 2. The standard InChI is InChI=1S/C20H25N3O3/c1-14-5-10-18(11-15(14)2)26-13-20(25)21-12-19(24)22-16-6-8-17(9-7-16)23(3)4/h5-11H,12-13H2,1-4H3,(H,21,25)(H,22,24). The number of rotatable bonds is 7. The second-order valence-electron chi connectivity index (χ2n) is 6.30. The summed E-state index contributed by atoms with van der Waals surface area (Å²) < 4.78 is 5.44. The fourth-order valence-corrected chi connectivity index (χ4v) is 2.23. The highest BCUT2D eigenvalue weighted by Crippen LogP contribution is 2.16. The maximum Gasteiger partial charge on any atom is 0.258 e. The second-order valence-corrected chi connectivity index (χ2v) is 6.30. The van der Waals surface area contributed by atoms with Crippen molar-refractivity contribution >= 4 is 23.2 Å². The van der Waals surface area contributed by atoms with Gasteiger partial charge in [0.15, 0.2) is 6.61 Å². The molecule has 0 fully saturated rings. The maximum absolute atomic E-state index is 11.9. The van der Waals surface area contributed by atoms with Crippen LogP contribution in [0.4, 0.5) is 11.4 Å². The average Bonchev–Trinajstić information content (AvgIpc) is 2.61. The van der Waals surface area contributed by atoms with Crippen LogP contribution in [-0.4, -0.2) is 39.1 Å². The molecule has 0 aromatic heterocycles. The predicted molar refractivity (Wildman–Crippen MR) is 104 cm³/mol. The number of hydrogen-bond acceptors (Lipinski definition) is 4. The lowest BCUT2D eigenvalue weighted by Crippen LogP contribution is -2.35. The quantitative estimate of drug-likeness (QED) is 0.801. The molecule has 0 aliphatic heterocycles. The van der Waals surface area contributed by atoms with Gasteiger partial charge in [-0.1, -0.05) is 6.07 Å². The molecule has 2 amide bonds. The van der Waals surface area contributed by atoms with E-state index in [0.29, 0.717) is 11.4 Å². The summed E-state index contributed by atoms with van der Waals surface area (Å²) in [5.41, 5.74) is 3.99. The molecule has 2 N–H and O–H groups in total. The fraction of sp³-hybridized carbons (Fsp3) is 0.300. The third-order valence-electron chi connectivity index (χ3n) is 3.96. The van der Waals surface area contributed by atoms with E-state index in [9.17, 15) is 9.59 Å². The first-order chi connectivity index (χ1) is 12.3. The number of carbonyl (C=O) groups excluding carboxylic acids is 2. The molecule has 0 aliphatic rings. The molecule has 6 heteroatoms. The van der Waals surface area contributed by atoms with Crippen LogP contribution in [0.5, 0.6) is 5.75 Å². The Hall–Kier alpha value is -3.02. The van der Waals surface area contributed by atoms with Crippen LogP contribution in [0.15, 0.2) is 42.5 Å². The zero-order valence-corrected chi connectivity index (χ0v) is 15.6. The lowest BCUT2D eigenvalue weighted by atomic mass is 10.1. The monoisotopic (exact) mass is 355 g/mol. The first-order valence-corrected chi connectivity index (χ1v) is 8.39. The third-order valence-corrected chi connectivity index (χ3v) is 3.96. The van der Waals surface area contributed by atoms with E-state index >= 15 is 0 Å². The Bertz CT molecular complexity index is 770. The van der Waals surface area contributed by atoms with Crippen molar-refractivity contribution in [3.05, 3.63) is 53.6 Å². The van der Waals surface area contributed by atoms with E-state index in [0.717, 1.165) is 16.8 Å². The number of hydrogen-bond donors (Lipinski definition) is 2. The first-order valence-electron chi connectivity index (χ1n) is 8.39. The van der Waals surface area contributed by atoms with E-state index in [4.69, 9.17) is 4.74 Å². The molecule has 2 aromatic rings. The van der Waals surface area contributed by atoms with Gasteiger partial charge in [-0.3, -0.25) is 9.59 Å². The van der Waals surface area contributed by atoms with E-state index in [1.54, 1.807) is 0 Å². The molecular formula is C20H25N3O3. The average molecular weight is 355 g/mol. The van der Waals surface area contributed by atoms with E-state index in [2.05, 4.69) is 10.6 Å². The highest BCUT2D eigenvalue weighted by Gasteiger charge is 2.07. The number of carbonyl (C=O) groups is 2. The van der Waals surface area contributed by atoms with Gasteiger partial charge in [-0.15, -0.1) is 0 Å². The van der Waals surface area contributed by atoms with Crippen LogP contribution in [0, 0.1) is 13.8 Å². The molecule has 0 radical (unpaired) electrons. The summed E-state index contributed by atoms with van der Waals surface area (Å²) in [4.78, 5) is 25.7. The Morgan fingerprint density at radius 2 is 1.65 bits per heavy atom. The molecule has 0 unspecified atom stereocenters. The number of benzene rings is 2. The minimum Gasteiger partial charge on any atom is -0.484 e. The molecule has 0 aliphatic carbocycles. The molecule has 2 aromatic carbocycles. The van der Waals surface area contributed by atoms with Crippen LogP contribution in [0.3, 0.4) is 0 Å². The predicted octanol–water partition coefficient (Wildman–Crippen LogP) is 2.50. The van der Waals surface area contributed by atoms with Crippen LogP contribution in [0.25, 0.3) is 0 Å². The molecule has 0 saturated carbocycles. The topological polar surface area (TPSA) is 70.7 Å². The lowest BCUT2D eigenvalue weighted by molar-refractivity contribution is -0.125. The Morgan fingerprint density at radius 3 is 2.27 bits per heavy atom. The van der Waals surface area contributed by atoms with Crippen molar-refractivity contribution in [2.75, 3.05) is 37.5 Å². The van der Waals surface area contributed by atoms with Crippen LogP contribution < -0.4 is 20.3 Å². The summed E-state index contributed by atoms with van der Waals surface area (Å²) in [6, 6.07) is 13.1. The molecule has 0 saturated heterocycles. The van der Waals surface area contributed by atoms with Crippen LogP contribution >= 0.6 is 0 Å². The largest absolute Gasteiger partial charge is 0.484 e. The Morgan fingerprint density at radius 1 is 0.962 bits per heavy atom. The third kappa shape index (κ3) is 5.81. The van der Waals surface area contributed by atoms with Crippen LogP contribution in [-0.2, 0) is 9.59 Å². The summed E-state index contributed by atoms with van der Waals surface area (Å²) >= 11 is 0. The van der Waals surface area contributed by atoms with Crippen molar-refractivity contribution in [1.82, 2.24) is 5.32 Å². The van der Waals surface area contributed by atoms with Crippen molar-refractivity contribution in [3.8, 4) is 5.75 Å². The number of nitrogens with one attached hydrogen (secondary N) is 2. The fourth-order valence-electron chi connectivity index (χ4n) is 2.23. The minimum absolute atomic E-state index is 0.107. The summed E-state index contributed by atoms with van der Waals surface area (Å²) in [5.74, 6) is -0.00264. The molecule has 2 rings (SSSR count). The molecule has 6 nitrogen and oxygen atoms in total. The van der Waals surface area contributed by atoms with Gasteiger partial charge in [-0.2, -0.15) is 0 Å². The van der Waals surface area contributed by atoms with Gasteiger partial charge in [-0.05, 0) is 61.4 Å². The number of nitrogens with zero attached hydrogens (tertiary/aromatic N) is 1. The van der Waals surface area contributed by atoms with Gasteiger partial charge in [0.2, 0.25) is 5.91 Å². The summed E-state index contributed by atoms with van der Waals surface area (Å²) in [5, 5.41) is 5.28. The molecule has 0 heterocycles. The summed E-state index contributed by atoms with van der Waals surface area (Å²) in [6.07, 6.45) is 0. The first kappa shape index (κ1) is 19.3. The Balaban J connectivity index is 1.74. The van der Waals surface area contributed by atoms with Crippen molar-refractivity contribution in [1.29, 1.82) is 0 Å². The highest BCUT2D eigenvalue weighted by atomic mass is 16.5. The Labute approximate surface area is 154 Å². The minimum atomic E-state index is -0.346. The second kappa shape index (κ2) is 8.89. The summed E-state index contributed by atoms with van der Waals surface area (Å²) in [6.45, 7) is 3.76.